The maximum atomic E-state index is 4.91. The molecule has 2 aromatic heterocycles. The molecule has 0 radical (unpaired) electrons. The van der Waals surface area contributed by atoms with Gasteiger partial charge in [-0.15, -0.1) is 0 Å². The number of para-hydroxylation sites is 3. The van der Waals surface area contributed by atoms with Crippen LogP contribution in [0.4, 0.5) is 5.69 Å². The minimum atomic E-state index is -0.0106. The minimum absolute atomic E-state index is 0.0106. The first-order valence-electron chi connectivity index (χ1n) is 8.05. The average molecular weight is 312 g/mol. The normalized spacial score (nSPS) is 16.0. The fourth-order valence-electron chi connectivity index (χ4n) is 3.62. The summed E-state index contributed by atoms with van der Waals surface area (Å²) in [6.07, 6.45) is 1.84. The lowest BCUT2D eigenvalue weighted by Gasteiger charge is -2.37. The molecule has 24 heavy (non-hydrogen) atoms. The summed E-state index contributed by atoms with van der Waals surface area (Å²) in [7, 11) is 2.12. The molecule has 4 heteroatoms. The highest BCUT2D eigenvalue weighted by Gasteiger charge is 2.32. The van der Waals surface area contributed by atoms with Crippen LogP contribution in [0.3, 0.4) is 0 Å². The van der Waals surface area contributed by atoms with Crippen LogP contribution < -0.4 is 4.90 Å². The molecule has 116 valence electrons. The van der Waals surface area contributed by atoms with Gasteiger partial charge in [0.05, 0.1) is 16.7 Å². The fraction of sp³-hybridized carbons (Fsp3) is 0.100. The van der Waals surface area contributed by atoms with Crippen molar-refractivity contribution in [2.45, 2.75) is 6.17 Å². The van der Waals surface area contributed by atoms with Crippen LogP contribution in [0.2, 0.25) is 0 Å². The molecule has 0 saturated carbocycles. The number of pyridine rings is 1. The molecule has 0 amide bonds. The van der Waals surface area contributed by atoms with Gasteiger partial charge in [0.2, 0.25) is 0 Å². The molecule has 4 aromatic rings. The van der Waals surface area contributed by atoms with E-state index < -0.39 is 0 Å². The van der Waals surface area contributed by atoms with E-state index in [9.17, 15) is 0 Å². The molecule has 5 rings (SSSR count). The van der Waals surface area contributed by atoms with Gasteiger partial charge in [0.1, 0.15) is 5.82 Å². The largest absolute Gasteiger partial charge is 0.348 e. The van der Waals surface area contributed by atoms with Gasteiger partial charge in [-0.2, -0.15) is 0 Å². The van der Waals surface area contributed by atoms with E-state index in [1.165, 1.54) is 5.69 Å². The van der Waals surface area contributed by atoms with Crippen molar-refractivity contribution in [3.05, 3.63) is 78.6 Å². The highest BCUT2D eigenvalue weighted by atomic mass is 15.3. The highest BCUT2D eigenvalue weighted by Crippen LogP contribution is 2.43. The molecule has 0 saturated heterocycles. The number of anilines is 1. The van der Waals surface area contributed by atoms with Crippen LogP contribution in [0.5, 0.6) is 0 Å². The second kappa shape index (κ2) is 4.93. The molecule has 1 aliphatic rings. The molecule has 0 fully saturated rings. The smallest absolute Gasteiger partial charge is 0.151 e. The third-order valence-corrected chi connectivity index (χ3v) is 4.68. The van der Waals surface area contributed by atoms with E-state index in [0.29, 0.717) is 0 Å². The summed E-state index contributed by atoms with van der Waals surface area (Å²) in [6, 6.07) is 22.8. The van der Waals surface area contributed by atoms with E-state index in [4.69, 9.17) is 4.98 Å². The SMILES string of the molecule is CN1c2ccccc2-c2nc3ccccc3n2[C@@H]1c1ccccn1. The molecule has 3 heterocycles. The number of aromatic nitrogens is 3. The van der Waals surface area contributed by atoms with Crippen molar-refractivity contribution >= 4 is 16.7 Å². The molecular weight excluding hydrogens is 296 g/mol. The summed E-state index contributed by atoms with van der Waals surface area (Å²) in [5, 5.41) is 0. The predicted octanol–water partition coefficient (Wildman–Crippen LogP) is 4.10. The number of hydrogen-bond donors (Lipinski definition) is 0. The zero-order valence-corrected chi connectivity index (χ0v) is 13.3. The molecule has 0 spiro atoms. The summed E-state index contributed by atoms with van der Waals surface area (Å²) >= 11 is 0. The Balaban J connectivity index is 1.89. The Hall–Kier alpha value is -3.14. The Morgan fingerprint density at radius 2 is 1.67 bits per heavy atom. The van der Waals surface area contributed by atoms with Crippen LogP contribution in [-0.2, 0) is 0 Å². The number of rotatable bonds is 1. The van der Waals surface area contributed by atoms with Crippen molar-refractivity contribution in [2.24, 2.45) is 0 Å². The van der Waals surface area contributed by atoms with Crippen molar-refractivity contribution in [3.63, 3.8) is 0 Å². The molecule has 0 bridgehead atoms. The van der Waals surface area contributed by atoms with Gasteiger partial charge >= 0.3 is 0 Å². The lowest BCUT2D eigenvalue weighted by molar-refractivity contribution is 0.567. The van der Waals surface area contributed by atoms with Gasteiger partial charge in [0, 0.05) is 24.5 Å². The van der Waals surface area contributed by atoms with E-state index in [1.54, 1.807) is 0 Å². The van der Waals surface area contributed by atoms with Gasteiger partial charge in [0.15, 0.2) is 6.17 Å². The lowest BCUT2D eigenvalue weighted by Crippen LogP contribution is -2.34. The monoisotopic (exact) mass is 312 g/mol. The summed E-state index contributed by atoms with van der Waals surface area (Å²) in [6.45, 7) is 0. The Morgan fingerprint density at radius 3 is 2.54 bits per heavy atom. The molecule has 4 nitrogen and oxygen atoms in total. The van der Waals surface area contributed by atoms with Crippen LogP contribution >= 0.6 is 0 Å². The summed E-state index contributed by atoms with van der Waals surface area (Å²) in [5.74, 6) is 1.00. The van der Waals surface area contributed by atoms with Crippen molar-refractivity contribution in [2.75, 3.05) is 11.9 Å². The molecular formula is C20H16N4. The standard InChI is InChI=1S/C20H16N4/c1-23-17-11-4-2-8-14(17)19-22-15-9-3-5-12-18(15)24(19)20(23)16-10-6-7-13-21-16/h2-13,20H,1H3/t20-/m1/s1. The van der Waals surface area contributed by atoms with Gasteiger partial charge in [0.25, 0.3) is 0 Å². The maximum absolute atomic E-state index is 4.91. The number of imidazole rings is 1. The second-order valence-electron chi connectivity index (χ2n) is 6.05. The van der Waals surface area contributed by atoms with Crippen LogP contribution in [0, 0.1) is 0 Å². The maximum Gasteiger partial charge on any atom is 0.151 e. The second-order valence-corrected chi connectivity index (χ2v) is 6.05. The van der Waals surface area contributed by atoms with Gasteiger partial charge in [-0.25, -0.2) is 4.98 Å². The molecule has 0 N–H and O–H groups in total. The predicted molar refractivity (Wildman–Crippen MR) is 95.9 cm³/mol. The summed E-state index contributed by atoms with van der Waals surface area (Å²) in [4.78, 5) is 11.8. The zero-order valence-electron chi connectivity index (χ0n) is 13.3. The van der Waals surface area contributed by atoms with E-state index in [1.807, 2.05) is 24.4 Å². The van der Waals surface area contributed by atoms with E-state index in [2.05, 4.69) is 70.0 Å². The third kappa shape index (κ3) is 1.74. The third-order valence-electron chi connectivity index (χ3n) is 4.68. The summed E-state index contributed by atoms with van der Waals surface area (Å²) < 4.78 is 2.29. The number of benzene rings is 2. The van der Waals surface area contributed by atoms with E-state index in [-0.39, 0.29) is 6.17 Å². The molecule has 2 aromatic carbocycles. The van der Waals surface area contributed by atoms with Crippen molar-refractivity contribution in [1.82, 2.24) is 14.5 Å². The lowest BCUT2D eigenvalue weighted by atomic mass is 10.1. The van der Waals surface area contributed by atoms with E-state index in [0.717, 1.165) is 28.1 Å². The Morgan fingerprint density at radius 1 is 0.875 bits per heavy atom. The van der Waals surface area contributed by atoms with Crippen molar-refractivity contribution in [3.8, 4) is 11.4 Å². The fourth-order valence-corrected chi connectivity index (χ4v) is 3.62. The Bertz CT molecular complexity index is 1040. The van der Waals surface area contributed by atoms with E-state index >= 15 is 0 Å². The van der Waals surface area contributed by atoms with Gasteiger partial charge in [-0.3, -0.25) is 9.55 Å². The number of hydrogen-bond acceptors (Lipinski definition) is 3. The van der Waals surface area contributed by atoms with Crippen LogP contribution in [0.15, 0.2) is 72.9 Å². The number of fused-ring (bicyclic) bond motifs is 5. The zero-order chi connectivity index (χ0) is 16.1. The molecule has 0 unspecified atom stereocenters. The summed E-state index contributed by atoms with van der Waals surface area (Å²) in [5.41, 5.74) is 5.49. The molecule has 1 aliphatic heterocycles. The first-order valence-corrected chi connectivity index (χ1v) is 8.05. The molecule has 1 atom stereocenters. The van der Waals surface area contributed by atoms with Crippen LogP contribution in [0.1, 0.15) is 11.9 Å². The highest BCUT2D eigenvalue weighted by molar-refractivity contribution is 5.87. The first-order chi connectivity index (χ1) is 11.8. The topological polar surface area (TPSA) is 34.0 Å². The first kappa shape index (κ1) is 13.3. The van der Waals surface area contributed by atoms with Gasteiger partial charge in [-0.1, -0.05) is 30.3 Å². The Kier molecular flexibility index (Phi) is 2.73. The molecule has 0 aliphatic carbocycles. The van der Waals surface area contributed by atoms with Crippen LogP contribution in [0.25, 0.3) is 22.4 Å². The van der Waals surface area contributed by atoms with Crippen LogP contribution in [-0.4, -0.2) is 21.6 Å². The Labute approximate surface area is 140 Å². The van der Waals surface area contributed by atoms with Crippen molar-refractivity contribution < 1.29 is 0 Å². The van der Waals surface area contributed by atoms with Gasteiger partial charge in [-0.05, 0) is 36.4 Å². The minimum Gasteiger partial charge on any atom is -0.348 e. The average Bonchev–Trinajstić information content (AvgIpc) is 3.03. The quantitative estimate of drug-likeness (QED) is 0.531. The van der Waals surface area contributed by atoms with Crippen molar-refractivity contribution in [1.29, 1.82) is 0 Å². The number of nitrogens with zero attached hydrogens (tertiary/aromatic N) is 4. The van der Waals surface area contributed by atoms with Gasteiger partial charge < -0.3 is 4.90 Å².